The quantitative estimate of drug-likeness (QED) is 0.0222. The van der Waals surface area contributed by atoms with Crippen molar-refractivity contribution in [3.63, 3.8) is 0 Å². The number of hydrogen-bond acceptors (Lipinski definition) is 15. The highest BCUT2D eigenvalue weighted by Crippen LogP contribution is 2.45. The predicted octanol–water partition coefficient (Wildman–Crippen LogP) is 22.8. The maximum atomic E-state index is 13.1. The molecule has 0 aliphatic heterocycles. The van der Waals surface area contributed by atoms with Crippen molar-refractivity contribution in [2.75, 3.05) is 39.6 Å². The molecule has 0 aliphatic carbocycles. The maximum absolute atomic E-state index is 13.1. The van der Waals surface area contributed by atoms with Gasteiger partial charge >= 0.3 is 39.5 Å². The van der Waals surface area contributed by atoms with Crippen molar-refractivity contribution in [3.8, 4) is 0 Å². The van der Waals surface area contributed by atoms with Crippen LogP contribution in [0.1, 0.15) is 396 Å². The van der Waals surface area contributed by atoms with Gasteiger partial charge in [-0.2, -0.15) is 0 Å². The predicted molar refractivity (Wildman–Crippen MR) is 395 cm³/mol. The van der Waals surface area contributed by atoms with Gasteiger partial charge < -0.3 is 33.8 Å². The first-order chi connectivity index (χ1) is 46.6. The Bertz CT molecular complexity index is 1900. The highest BCUT2D eigenvalue weighted by molar-refractivity contribution is 7.47. The van der Waals surface area contributed by atoms with Crippen molar-refractivity contribution >= 4 is 39.5 Å². The molecule has 0 rings (SSSR count). The molecule has 0 fully saturated rings. The lowest BCUT2D eigenvalue weighted by molar-refractivity contribution is -0.161. The van der Waals surface area contributed by atoms with E-state index in [9.17, 15) is 43.2 Å². The van der Waals surface area contributed by atoms with Crippen LogP contribution < -0.4 is 0 Å². The summed E-state index contributed by atoms with van der Waals surface area (Å²) in [6.07, 6.45) is 52.7. The minimum atomic E-state index is -4.96. The summed E-state index contributed by atoms with van der Waals surface area (Å²) < 4.78 is 68.6. The summed E-state index contributed by atoms with van der Waals surface area (Å²) in [5.74, 6) is 0.976. The van der Waals surface area contributed by atoms with Gasteiger partial charge in [-0.3, -0.25) is 37.3 Å². The number of phosphoric acid groups is 2. The van der Waals surface area contributed by atoms with Gasteiger partial charge in [-0.15, -0.1) is 0 Å². The zero-order chi connectivity index (χ0) is 71.7. The Morgan fingerprint density at radius 1 is 0.289 bits per heavy atom. The Kier molecular flexibility index (Phi) is 65.9. The average Bonchev–Trinajstić information content (AvgIpc) is 1.12. The smallest absolute Gasteiger partial charge is 0.462 e. The molecule has 0 radical (unpaired) electrons. The van der Waals surface area contributed by atoms with Crippen LogP contribution in [0.4, 0.5) is 0 Å². The van der Waals surface area contributed by atoms with Crippen molar-refractivity contribution in [2.45, 2.75) is 414 Å². The molecule has 576 valence electrons. The first-order valence-corrected chi connectivity index (χ1v) is 43.2. The number of aliphatic hydroxyl groups excluding tert-OH is 1. The molecular formula is C78H152O17P2. The van der Waals surface area contributed by atoms with Crippen molar-refractivity contribution in [3.05, 3.63) is 0 Å². The Hall–Kier alpha value is -1.94. The molecule has 6 atom stereocenters. The first kappa shape index (κ1) is 95.1. The van der Waals surface area contributed by atoms with Crippen LogP contribution in [0.2, 0.25) is 0 Å². The second kappa shape index (κ2) is 67.2. The lowest BCUT2D eigenvalue weighted by Crippen LogP contribution is -2.30. The van der Waals surface area contributed by atoms with Crippen LogP contribution in [0.15, 0.2) is 0 Å². The molecule has 19 heteroatoms. The molecule has 0 saturated heterocycles. The van der Waals surface area contributed by atoms with E-state index in [0.717, 1.165) is 114 Å². The number of hydrogen-bond donors (Lipinski definition) is 3. The standard InChI is InChI=1S/C78H152O17P2/c1-9-71(8)57-49-41-33-25-21-22-26-34-42-50-58-75(80)88-64-73(94-78(83)61-53-45-36-28-20-16-15-18-24-31-39-47-55-69(4)5)66-92-96(84,85)90-62-72(79)63-91-97(86,87)93-67-74(65-89-76(81)59-51-43-37-29-32-40-48-56-70(6)7)95-77(82)60-52-44-35-27-19-14-12-10-11-13-17-23-30-38-46-54-68(2)3/h68-74,79H,9-67H2,1-8H3,(H,84,85)(H,86,87)/t71?,72?,73-,74-/m1/s1. The summed E-state index contributed by atoms with van der Waals surface area (Å²) in [6, 6.07) is 0. The molecule has 17 nitrogen and oxygen atoms in total. The van der Waals surface area contributed by atoms with E-state index in [2.05, 4.69) is 55.4 Å². The molecule has 0 bridgehead atoms. The van der Waals surface area contributed by atoms with Crippen molar-refractivity contribution < 1.29 is 80.2 Å². The molecule has 0 aliphatic rings. The molecule has 4 unspecified atom stereocenters. The molecule has 3 N–H and O–H groups in total. The average molecular weight is 1420 g/mol. The van der Waals surface area contributed by atoms with Crippen LogP contribution in [0.25, 0.3) is 0 Å². The van der Waals surface area contributed by atoms with E-state index < -0.39 is 97.5 Å². The molecule has 0 aromatic rings. The summed E-state index contributed by atoms with van der Waals surface area (Å²) in [5.41, 5.74) is 0. The monoisotopic (exact) mass is 1420 g/mol. The topological polar surface area (TPSA) is 237 Å². The van der Waals surface area contributed by atoms with Crippen LogP contribution in [0.3, 0.4) is 0 Å². The number of carbonyl (C=O) groups excluding carboxylic acids is 4. The van der Waals surface area contributed by atoms with E-state index in [4.69, 9.17) is 37.0 Å². The van der Waals surface area contributed by atoms with Gasteiger partial charge in [-0.05, 0) is 49.4 Å². The highest BCUT2D eigenvalue weighted by Gasteiger charge is 2.30. The fraction of sp³-hybridized carbons (Fsp3) is 0.949. The van der Waals surface area contributed by atoms with Crippen molar-refractivity contribution in [2.24, 2.45) is 23.7 Å². The van der Waals surface area contributed by atoms with Gasteiger partial charge in [-0.1, -0.05) is 344 Å². The van der Waals surface area contributed by atoms with E-state index in [0.29, 0.717) is 31.6 Å². The van der Waals surface area contributed by atoms with E-state index in [1.165, 1.54) is 193 Å². The molecule has 0 aromatic carbocycles. The van der Waals surface area contributed by atoms with Crippen LogP contribution in [-0.2, 0) is 65.4 Å². The summed E-state index contributed by atoms with van der Waals surface area (Å²) >= 11 is 0. The summed E-state index contributed by atoms with van der Waals surface area (Å²) in [4.78, 5) is 72.9. The molecule has 97 heavy (non-hydrogen) atoms. The second-order valence-corrected chi connectivity index (χ2v) is 32.7. The van der Waals surface area contributed by atoms with Gasteiger partial charge in [0, 0.05) is 25.7 Å². The fourth-order valence-electron chi connectivity index (χ4n) is 11.9. The number of aliphatic hydroxyl groups is 1. The third-order valence-electron chi connectivity index (χ3n) is 18.4. The first-order valence-electron chi connectivity index (χ1n) is 40.2. The third kappa shape index (κ3) is 70.9. The maximum Gasteiger partial charge on any atom is 0.472 e. The molecule has 0 heterocycles. The highest BCUT2D eigenvalue weighted by atomic mass is 31.2. The summed E-state index contributed by atoms with van der Waals surface area (Å²) in [6.45, 7) is 14.2. The second-order valence-electron chi connectivity index (χ2n) is 29.8. The Morgan fingerprint density at radius 3 is 0.732 bits per heavy atom. The van der Waals surface area contributed by atoms with Crippen molar-refractivity contribution in [1.82, 2.24) is 0 Å². The number of phosphoric ester groups is 2. The Labute approximate surface area is 594 Å². The van der Waals surface area contributed by atoms with Crippen LogP contribution in [0.5, 0.6) is 0 Å². The van der Waals surface area contributed by atoms with E-state index in [1.807, 2.05) is 0 Å². The third-order valence-corrected chi connectivity index (χ3v) is 20.3. The van der Waals surface area contributed by atoms with Crippen LogP contribution >= 0.6 is 15.6 Å². The summed E-state index contributed by atoms with van der Waals surface area (Å²) in [5, 5.41) is 10.6. The molecule has 0 spiro atoms. The minimum Gasteiger partial charge on any atom is -0.462 e. The largest absolute Gasteiger partial charge is 0.472 e. The van der Waals surface area contributed by atoms with Gasteiger partial charge in [0.25, 0.3) is 0 Å². The number of ether oxygens (including phenoxy) is 4. The Morgan fingerprint density at radius 2 is 0.495 bits per heavy atom. The van der Waals surface area contributed by atoms with Gasteiger partial charge in [0.15, 0.2) is 12.2 Å². The lowest BCUT2D eigenvalue weighted by atomic mass is 9.99. The molecular weight excluding hydrogens is 1270 g/mol. The number of esters is 4. The van der Waals surface area contributed by atoms with E-state index in [-0.39, 0.29) is 25.7 Å². The zero-order valence-electron chi connectivity index (χ0n) is 63.7. The zero-order valence-corrected chi connectivity index (χ0v) is 65.5. The molecule has 0 aromatic heterocycles. The Balaban J connectivity index is 5.25. The van der Waals surface area contributed by atoms with E-state index in [1.54, 1.807) is 0 Å². The van der Waals surface area contributed by atoms with Crippen LogP contribution in [-0.4, -0.2) is 96.7 Å². The molecule has 0 amide bonds. The molecule has 0 saturated carbocycles. The lowest BCUT2D eigenvalue weighted by Gasteiger charge is -2.21. The van der Waals surface area contributed by atoms with Gasteiger partial charge in [0.2, 0.25) is 0 Å². The normalized spacial score (nSPS) is 14.4. The van der Waals surface area contributed by atoms with Gasteiger partial charge in [-0.25, -0.2) is 9.13 Å². The van der Waals surface area contributed by atoms with Crippen LogP contribution in [0, 0.1) is 23.7 Å². The van der Waals surface area contributed by atoms with Gasteiger partial charge in [0.1, 0.15) is 19.3 Å². The SMILES string of the molecule is CCC(C)CCCCCCCCCCCCC(=O)OC[C@H](COP(=O)(O)OCC(O)COP(=O)(O)OC[C@@H](COC(=O)CCCCCCCCCC(C)C)OC(=O)CCCCCCCCCCCCCCCCCC(C)C)OC(=O)CCCCCCCCCCCCCCC(C)C. The fourth-order valence-corrected chi connectivity index (χ4v) is 13.5. The van der Waals surface area contributed by atoms with E-state index >= 15 is 0 Å². The number of unbranched alkanes of at least 4 members (excludes halogenated alkanes) is 40. The minimum absolute atomic E-state index is 0.106. The summed E-state index contributed by atoms with van der Waals surface area (Å²) in [7, 11) is -9.92. The number of rotatable bonds is 75. The van der Waals surface area contributed by atoms with Gasteiger partial charge in [0.05, 0.1) is 26.4 Å². The number of carbonyl (C=O) groups is 4. The van der Waals surface area contributed by atoms with Crippen molar-refractivity contribution in [1.29, 1.82) is 0 Å².